The van der Waals surface area contributed by atoms with Crippen LogP contribution in [0.5, 0.6) is 11.5 Å². The van der Waals surface area contributed by atoms with E-state index in [9.17, 15) is 18.4 Å². The van der Waals surface area contributed by atoms with Crippen LogP contribution in [0.2, 0.25) is 0 Å². The number of methoxy groups -OCH3 is 1. The molecule has 0 radical (unpaired) electrons. The zero-order valence-electron chi connectivity index (χ0n) is 18.1. The Labute approximate surface area is 190 Å². The van der Waals surface area contributed by atoms with E-state index in [0.29, 0.717) is 18.0 Å². The molecule has 0 bridgehead atoms. The Hall–Kier alpha value is -3.74. The van der Waals surface area contributed by atoms with Crippen molar-refractivity contribution in [3.63, 3.8) is 0 Å². The molecule has 0 spiro atoms. The molecule has 1 aliphatic carbocycles. The number of carbonyl (C=O) groups excluding carboxylic acids is 2. The third kappa shape index (κ3) is 5.55. The van der Waals surface area contributed by atoms with Crippen molar-refractivity contribution < 1.29 is 27.8 Å². The predicted molar refractivity (Wildman–Crippen MR) is 118 cm³/mol. The number of hydrogen-bond acceptors (Lipinski definition) is 4. The molecule has 3 aromatic rings. The monoisotopic (exact) mass is 451 g/mol. The Morgan fingerprint density at radius 1 is 0.970 bits per heavy atom. The lowest BCUT2D eigenvalue weighted by molar-refractivity contribution is 0.0600. The van der Waals surface area contributed by atoms with Crippen LogP contribution in [0.25, 0.3) is 0 Å². The smallest absolute Gasteiger partial charge is 0.337 e. The number of para-hydroxylation sites is 1. The summed E-state index contributed by atoms with van der Waals surface area (Å²) in [6.45, 7) is 0.800. The first-order valence-electron chi connectivity index (χ1n) is 10.6. The predicted octanol–water partition coefficient (Wildman–Crippen LogP) is 5.60. The number of hydrogen-bond donors (Lipinski definition) is 0. The minimum Gasteiger partial charge on any atom is -0.465 e. The standard InChI is InChI=1S/C26H23F2NO4/c1-32-26(31)19-10-8-18(9-11-19)16-29(15-17-6-7-17)25(30)21-13-12-20(14-23(21)28)33-24-5-3-2-4-22(24)27/h2-5,8-14,17H,6-7,15-16H2,1H3. The molecule has 7 heteroatoms. The molecule has 0 saturated heterocycles. The Morgan fingerprint density at radius 2 is 1.70 bits per heavy atom. The van der Waals surface area contributed by atoms with Gasteiger partial charge in [-0.25, -0.2) is 13.6 Å². The van der Waals surface area contributed by atoms with Gasteiger partial charge in [0.15, 0.2) is 11.6 Å². The maximum absolute atomic E-state index is 14.9. The topological polar surface area (TPSA) is 55.8 Å². The Balaban J connectivity index is 1.51. The zero-order chi connectivity index (χ0) is 23.4. The molecule has 0 aliphatic heterocycles. The number of amides is 1. The molecule has 0 atom stereocenters. The number of nitrogens with zero attached hydrogens (tertiary/aromatic N) is 1. The van der Waals surface area contributed by atoms with Gasteiger partial charge < -0.3 is 14.4 Å². The summed E-state index contributed by atoms with van der Waals surface area (Å²) in [6.07, 6.45) is 2.06. The van der Waals surface area contributed by atoms with Crippen LogP contribution < -0.4 is 4.74 Å². The lowest BCUT2D eigenvalue weighted by Gasteiger charge is -2.23. The largest absolute Gasteiger partial charge is 0.465 e. The van der Waals surface area contributed by atoms with Gasteiger partial charge in [0.1, 0.15) is 11.6 Å². The lowest BCUT2D eigenvalue weighted by Crippen LogP contribution is -2.33. The number of esters is 1. The van der Waals surface area contributed by atoms with E-state index in [2.05, 4.69) is 0 Å². The van der Waals surface area contributed by atoms with Gasteiger partial charge in [-0.2, -0.15) is 0 Å². The second-order valence-corrected chi connectivity index (χ2v) is 7.99. The summed E-state index contributed by atoms with van der Waals surface area (Å²) in [5.74, 6) is -1.71. The average molecular weight is 451 g/mol. The normalized spacial score (nSPS) is 12.8. The molecule has 5 nitrogen and oxygen atoms in total. The van der Waals surface area contributed by atoms with E-state index in [1.54, 1.807) is 35.2 Å². The van der Waals surface area contributed by atoms with E-state index in [0.717, 1.165) is 24.5 Å². The van der Waals surface area contributed by atoms with Crippen molar-refractivity contribution in [2.45, 2.75) is 19.4 Å². The fourth-order valence-corrected chi connectivity index (χ4v) is 3.47. The molecule has 1 saturated carbocycles. The first-order chi connectivity index (χ1) is 15.9. The molecule has 1 amide bonds. The van der Waals surface area contributed by atoms with Crippen molar-refractivity contribution in [2.24, 2.45) is 5.92 Å². The average Bonchev–Trinajstić information content (AvgIpc) is 3.64. The summed E-state index contributed by atoms with van der Waals surface area (Å²) >= 11 is 0. The van der Waals surface area contributed by atoms with E-state index in [1.165, 1.54) is 37.4 Å². The number of carbonyl (C=O) groups is 2. The van der Waals surface area contributed by atoms with Crippen LogP contribution in [-0.4, -0.2) is 30.4 Å². The highest BCUT2D eigenvalue weighted by Gasteiger charge is 2.28. The quantitative estimate of drug-likeness (QED) is 0.419. The summed E-state index contributed by atoms with van der Waals surface area (Å²) in [7, 11) is 1.31. The minimum absolute atomic E-state index is 0.0262. The highest BCUT2D eigenvalue weighted by molar-refractivity contribution is 5.94. The molecule has 1 fully saturated rings. The fraction of sp³-hybridized carbons (Fsp3) is 0.231. The van der Waals surface area contributed by atoms with Crippen molar-refractivity contribution in [3.8, 4) is 11.5 Å². The van der Waals surface area contributed by atoms with E-state index in [-0.39, 0.29) is 23.6 Å². The van der Waals surface area contributed by atoms with Gasteiger partial charge in [0.25, 0.3) is 5.91 Å². The zero-order valence-corrected chi connectivity index (χ0v) is 18.1. The summed E-state index contributed by atoms with van der Waals surface area (Å²) in [5, 5.41) is 0. The van der Waals surface area contributed by atoms with Crippen molar-refractivity contribution in [1.82, 2.24) is 4.90 Å². The Morgan fingerprint density at radius 3 is 2.33 bits per heavy atom. The van der Waals surface area contributed by atoms with Crippen LogP contribution >= 0.6 is 0 Å². The van der Waals surface area contributed by atoms with Crippen molar-refractivity contribution in [1.29, 1.82) is 0 Å². The molecule has 0 unspecified atom stereocenters. The van der Waals surface area contributed by atoms with Gasteiger partial charge in [-0.15, -0.1) is 0 Å². The maximum atomic E-state index is 14.9. The number of ether oxygens (including phenoxy) is 2. The van der Waals surface area contributed by atoms with Gasteiger partial charge in [-0.3, -0.25) is 4.79 Å². The first-order valence-corrected chi connectivity index (χ1v) is 10.6. The first kappa shape index (κ1) is 22.5. The van der Waals surface area contributed by atoms with Crippen LogP contribution in [0.3, 0.4) is 0 Å². The molecule has 3 aromatic carbocycles. The molecule has 0 heterocycles. The van der Waals surface area contributed by atoms with Gasteiger partial charge in [-0.05, 0) is 60.7 Å². The summed E-state index contributed by atoms with van der Waals surface area (Å²) in [6, 6.07) is 16.5. The van der Waals surface area contributed by atoms with Gasteiger partial charge in [0.05, 0.1) is 18.2 Å². The lowest BCUT2D eigenvalue weighted by atomic mass is 10.1. The number of rotatable bonds is 8. The van der Waals surface area contributed by atoms with Crippen molar-refractivity contribution in [3.05, 3.63) is 95.1 Å². The third-order valence-electron chi connectivity index (χ3n) is 5.45. The van der Waals surface area contributed by atoms with E-state index < -0.39 is 23.5 Å². The molecule has 170 valence electrons. The van der Waals surface area contributed by atoms with Gasteiger partial charge in [-0.1, -0.05) is 24.3 Å². The fourth-order valence-electron chi connectivity index (χ4n) is 3.47. The van der Waals surface area contributed by atoms with E-state index in [1.807, 2.05) is 0 Å². The third-order valence-corrected chi connectivity index (χ3v) is 5.45. The molecule has 33 heavy (non-hydrogen) atoms. The van der Waals surface area contributed by atoms with Crippen LogP contribution in [0.15, 0.2) is 66.7 Å². The molecule has 0 aromatic heterocycles. The van der Waals surface area contributed by atoms with Gasteiger partial charge in [0.2, 0.25) is 0 Å². The van der Waals surface area contributed by atoms with Crippen LogP contribution in [0.1, 0.15) is 39.1 Å². The molecule has 1 aliphatic rings. The highest BCUT2D eigenvalue weighted by atomic mass is 19.1. The molecular weight excluding hydrogens is 428 g/mol. The van der Waals surface area contributed by atoms with Gasteiger partial charge in [0, 0.05) is 19.2 Å². The Bertz CT molecular complexity index is 1160. The summed E-state index contributed by atoms with van der Waals surface area (Å²) < 4.78 is 38.8. The molecule has 0 N–H and O–H groups in total. The Kier molecular flexibility index (Phi) is 6.68. The van der Waals surface area contributed by atoms with Crippen LogP contribution in [-0.2, 0) is 11.3 Å². The van der Waals surface area contributed by atoms with Gasteiger partial charge >= 0.3 is 5.97 Å². The van der Waals surface area contributed by atoms with E-state index >= 15 is 0 Å². The molecule has 4 rings (SSSR count). The van der Waals surface area contributed by atoms with Crippen molar-refractivity contribution >= 4 is 11.9 Å². The van der Waals surface area contributed by atoms with Crippen LogP contribution in [0.4, 0.5) is 8.78 Å². The second-order valence-electron chi connectivity index (χ2n) is 7.99. The summed E-state index contributed by atoms with van der Waals surface area (Å²) in [4.78, 5) is 26.4. The maximum Gasteiger partial charge on any atom is 0.337 e. The molecular formula is C26H23F2NO4. The SMILES string of the molecule is COC(=O)c1ccc(CN(CC2CC2)C(=O)c2ccc(Oc3ccccc3F)cc2F)cc1. The summed E-state index contributed by atoms with van der Waals surface area (Å²) in [5.41, 5.74) is 1.15. The van der Waals surface area contributed by atoms with E-state index in [4.69, 9.17) is 9.47 Å². The highest BCUT2D eigenvalue weighted by Crippen LogP contribution is 2.31. The number of benzene rings is 3. The van der Waals surface area contributed by atoms with Crippen molar-refractivity contribution in [2.75, 3.05) is 13.7 Å². The number of halogens is 2. The second kappa shape index (κ2) is 9.81. The van der Waals surface area contributed by atoms with Crippen LogP contribution in [0, 0.1) is 17.6 Å². The minimum atomic E-state index is -0.740.